The first-order valence-corrected chi connectivity index (χ1v) is 8.28. The standard InChI is InChI=1S/C20H23FN2O.ClH/c1-14-3-5-15(6-4-14)16-7-8-17(18(21)11-16)19(24)23-10-9-20(2,12-22)13-23;/h3-8,11H,9-10,12-13,22H2,1-2H3;1H. The van der Waals surface area contributed by atoms with Crippen molar-refractivity contribution in [2.75, 3.05) is 19.6 Å². The van der Waals surface area contributed by atoms with E-state index in [1.807, 2.05) is 31.2 Å². The van der Waals surface area contributed by atoms with E-state index in [4.69, 9.17) is 5.73 Å². The first kappa shape index (κ1) is 19.4. The summed E-state index contributed by atoms with van der Waals surface area (Å²) in [5, 5.41) is 0. The summed E-state index contributed by atoms with van der Waals surface area (Å²) in [7, 11) is 0. The maximum absolute atomic E-state index is 14.5. The molecule has 134 valence electrons. The molecule has 1 amide bonds. The maximum atomic E-state index is 14.5. The summed E-state index contributed by atoms with van der Waals surface area (Å²) in [6, 6.07) is 12.7. The van der Waals surface area contributed by atoms with Gasteiger partial charge in [-0.2, -0.15) is 0 Å². The molecule has 1 aliphatic rings. The van der Waals surface area contributed by atoms with Gasteiger partial charge >= 0.3 is 0 Å². The molecule has 0 bridgehead atoms. The summed E-state index contributed by atoms with van der Waals surface area (Å²) in [6.45, 7) is 5.83. The van der Waals surface area contributed by atoms with Gasteiger partial charge < -0.3 is 10.6 Å². The Morgan fingerprint density at radius 1 is 1.20 bits per heavy atom. The number of amides is 1. The number of benzene rings is 2. The molecule has 3 rings (SSSR count). The number of hydrogen-bond donors (Lipinski definition) is 1. The van der Waals surface area contributed by atoms with Crippen LogP contribution in [0.4, 0.5) is 4.39 Å². The van der Waals surface area contributed by atoms with Crippen LogP contribution in [0.5, 0.6) is 0 Å². The summed E-state index contributed by atoms with van der Waals surface area (Å²) in [5.74, 6) is -0.723. The summed E-state index contributed by atoms with van der Waals surface area (Å²) in [4.78, 5) is 14.3. The molecule has 2 N–H and O–H groups in total. The number of halogens is 2. The lowest BCUT2D eigenvalue weighted by molar-refractivity contribution is 0.0772. The van der Waals surface area contributed by atoms with Crippen molar-refractivity contribution in [3.8, 4) is 11.1 Å². The fraction of sp³-hybridized carbons (Fsp3) is 0.350. The van der Waals surface area contributed by atoms with Crippen LogP contribution >= 0.6 is 12.4 Å². The molecule has 1 atom stereocenters. The van der Waals surface area contributed by atoms with Crippen LogP contribution in [0.25, 0.3) is 11.1 Å². The van der Waals surface area contributed by atoms with Gasteiger partial charge in [0.15, 0.2) is 0 Å². The average Bonchev–Trinajstić information content (AvgIpc) is 2.98. The highest BCUT2D eigenvalue weighted by molar-refractivity contribution is 5.95. The molecule has 0 saturated carbocycles. The molecular formula is C20H24ClFN2O. The van der Waals surface area contributed by atoms with E-state index in [2.05, 4.69) is 6.92 Å². The SMILES string of the molecule is Cc1ccc(-c2ccc(C(=O)N3CCC(C)(CN)C3)c(F)c2)cc1.Cl. The lowest BCUT2D eigenvalue weighted by atomic mass is 9.90. The van der Waals surface area contributed by atoms with Gasteiger partial charge in [-0.3, -0.25) is 4.79 Å². The zero-order valence-electron chi connectivity index (χ0n) is 14.6. The second-order valence-electron chi connectivity index (χ2n) is 7.05. The first-order chi connectivity index (χ1) is 11.4. The highest BCUT2D eigenvalue weighted by atomic mass is 35.5. The molecule has 1 heterocycles. The van der Waals surface area contributed by atoms with Gasteiger partial charge in [0.05, 0.1) is 5.56 Å². The monoisotopic (exact) mass is 362 g/mol. The van der Waals surface area contributed by atoms with Gasteiger partial charge in [-0.15, -0.1) is 12.4 Å². The molecule has 1 unspecified atom stereocenters. The Morgan fingerprint density at radius 2 is 1.84 bits per heavy atom. The first-order valence-electron chi connectivity index (χ1n) is 8.28. The number of nitrogens with two attached hydrogens (primary N) is 1. The van der Waals surface area contributed by atoms with Crippen molar-refractivity contribution in [2.45, 2.75) is 20.3 Å². The van der Waals surface area contributed by atoms with Gasteiger partial charge in [0.1, 0.15) is 5.82 Å². The fourth-order valence-corrected chi connectivity index (χ4v) is 3.15. The summed E-state index contributed by atoms with van der Waals surface area (Å²) < 4.78 is 14.5. The Kier molecular flexibility index (Phi) is 5.86. The van der Waals surface area contributed by atoms with Crippen molar-refractivity contribution in [3.05, 3.63) is 59.4 Å². The van der Waals surface area contributed by atoms with Gasteiger partial charge in [-0.1, -0.05) is 42.8 Å². The molecule has 1 aliphatic heterocycles. The van der Waals surface area contributed by atoms with Gasteiger partial charge in [0.25, 0.3) is 5.91 Å². The molecule has 2 aromatic carbocycles. The highest BCUT2D eigenvalue weighted by Crippen LogP contribution is 2.30. The highest BCUT2D eigenvalue weighted by Gasteiger charge is 2.35. The Hall–Kier alpha value is -1.91. The van der Waals surface area contributed by atoms with E-state index >= 15 is 0 Å². The van der Waals surface area contributed by atoms with Crippen molar-refractivity contribution in [2.24, 2.45) is 11.1 Å². The lowest BCUT2D eigenvalue weighted by Gasteiger charge is -2.22. The van der Waals surface area contributed by atoms with Crippen molar-refractivity contribution < 1.29 is 9.18 Å². The zero-order valence-corrected chi connectivity index (χ0v) is 15.4. The average molecular weight is 363 g/mol. The Balaban J connectivity index is 0.00000225. The number of likely N-dealkylation sites (tertiary alicyclic amines) is 1. The third kappa shape index (κ3) is 4.02. The summed E-state index contributed by atoms with van der Waals surface area (Å²) in [6.07, 6.45) is 0.859. The van der Waals surface area contributed by atoms with E-state index in [1.165, 1.54) is 6.07 Å². The molecule has 0 spiro atoms. The van der Waals surface area contributed by atoms with Crippen molar-refractivity contribution in [1.29, 1.82) is 0 Å². The Morgan fingerprint density at radius 3 is 2.40 bits per heavy atom. The molecule has 0 aromatic heterocycles. The van der Waals surface area contributed by atoms with Crippen LogP contribution in [0.3, 0.4) is 0 Å². The Labute approximate surface area is 154 Å². The van der Waals surface area contributed by atoms with Crippen molar-refractivity contribution >= 4 is 18.3 Å². The smallest absolute Gasteiger partial charge is 0.256 e. The van der Waals surface area contributed by atoms with Crippen LogP contribution in [0.15, 0.2) is 42.5 Å². The normalized spacial score (nSPS) is 19.6. The van der Waals surface area contributed by atoms with Gasteiger partial charge in [-0.05, 0) is 48.6 Å². The molecule has 1 fully saturated rings. The van der Waals surface area contributed by atoms with Gasteiger partial charge in [-0.25, -0.2) is 4.39 Å². The third-order valence-electron chi connectivity index (χ3n) is 4.92. The van der Waals surface area contributed by atoms with Crippen LogP contribution in [-0.2, 0) is 0 Å². The number of aryl methyl sites for hydroxylation is 1. The van der Waals surface area contributed by atoms with Crippen molar-refractivity contribution in [3.63, 3.8) is 0 Å². The zero-order chi connectivity index (χ0) is 17.3. The Bertz CT molecular complexity index is 763. The quantitative estimate of drug-likeness (QED) is 0.895. The fourth-order valence-electron chi connectivity index (χ4n) is 3.15. The minimum absolute atomic E-state index is 0. The van der Waals surface area contributed by atoms with Gasteiger partial charge in [0, 0.05) is 13.1 Å². The van der Waals surface area contributed by atoms with Crippen LogP contribution in [0, 0.1) is 18.2 Å². The minimum atomic E-state index is -0.473. The topological polar surface area (TPSA) is 46.3 Å². The second-order valence-corrected chi connectivity index (χ2v) is 7.05. The summed E-state index contributed by atoms with van der Waals surface area (Å²) >= 11 is 0. The van der Waals surface area contributed by atoms with Crippen LogP contribution in [0.1, 0.15) is 29.3 Å². The number of carbonyl (C=O) groups is 1. The van der Waals surface area contributed by atoms with E-state index in [1.54, 1.807) is 17.0 Å². The molecule has 1 saturated heterocycles. The number of hydrogen-bond acceptors (Lipinski definition) is 2. The largest absolute Gasteiger partial charge is 0.338 e. The molecular weight excluding hydrogens is 339 g/mol. The molecule has 0 aliphatic carbocycles. The number of nitrogens with zero attached hydrogens (tertiary/aromatic N) is 1. The molecule has 2 aromatic rings. The predicted molar refractivity (Wildman–Crippen MR) is 102 cm³/mol. The van der Waals surface area contributed by atoms with Gasteiger partial charge in [0.2, 0.25) is 0 Å². The van der Waals surface area contributed by atoms with E-state index < -0.39 is 5.82 Å². The number of carbonyl (C=O) groups excluding carboxylic acids is 1. The number of rotatable bonds is 3. The predicted octanol–water partition coefficient (Wildman–Crippen LogP) is 4.03. The molecule has 25 heavy (non-hydrogen) atoms. The molecule has 0 radical (unpaired) electrons. The van der Waals surface area contributed by atoms with Crippen LogP contribution < -0.4 is 5.73 Å². The molecule has 5 heteroatoms. The van der Waals surface area contributed by atoms with E-state index in [0.29, 0.717) is 19.6 Å². The van der Waals surface area contributed by atoms with E-state index in [-0.39, 0.29) is 29.3 Å². The van der Waals surface area contributed by atoms with Crippen molar-refractivity contribution in [1.82, 2.24) is 4.90 Å². The van der Waals surface area contributed by atoms with Crippen LogP contribution in [-0.4, -0.2) is 30.4 Å². The minimum Gasteiger partial charge on any atom is -0.338 e. The second kappa shape index (κ2) is 7.54. The third-order valence-corrected chi connectivity index (χ3v) is 4.92. The van der Waals surface area contributed by atoms with E-state index in [9.17, 15) is 9.18 Å². The maximum Gasteiger partial charge on any atom is 0.256 e. The molecule has 3 nitrogen and oxygen atoms in total. The summed E-state index contributed by atoms with van der Waals surface area (Å²) in [5.41, 5.74) is 8.72. The lowest BCUT2D eigenvalue weighted by Crippen LogP contribution is -2.34. The van der Waals surface area contributed by atoms with E-state index in [0.717, 1.165) is 23.1 Å². The van der Waals surface area contributed by atoms with Crippen LogP contribution in [0.2, 0.25) is 0 Å².